The number of nitriles is 1. The van der Waals surface area contributed by atoms with Crippen molar-refractivity contribution in [3.05, 3.63) is 10.9 Å². The van der Waals surface area contributed by atoms with Gasteiger partial charge in [-0.1, -0.05) is 6.92 Å². The van der Waals surface area contributed by atoms with E-state index in [1.807, 2.05) is 6.07 Å². The van der Waals surface area contributed by atoms with Crippen LogP contribution in [0, 0.1) is 11.3 Å². The molecule has 88 valence electrons. The Morgan fingerprint density at radius 2 is 2.31 bits per heavy atom. The molecule has 0 saturated heterocycles. The Balaban J connectivity index is 2.53. The molecule has 1 rings (SSSR count). The second kappa shape index (κ2) is 5.18. The molecule has 7 heteroatoms. The summed E-state index contributed by atoms with van der Waals surface area (Å²) in [5.41, 5.74) is 5.99. The number of nitrogens with zero attached hydrogens (tertiary/aromatic N) is 1. The third-order valence-electron chi connectivity index (χ3n) is 2.01. The van der Waals surface area contributed by atoms with E-state index in [1.54, 1.807) is 13.0 Å². The predicted octanol–water partition coefficient (Wildman–Crippen LogP) is 1.05. The molecular weight excluding hydrogens is 246 g/mol. The first-order valence-corrected chi connectivity index (χ1v) is 7.36. The van der Waals surface area contributed by atoms with Gasteiger partial charge in [-0.3, -0.25) is 0 Å². The number of hydrogen-bond donors (Lipinski definition) is 2. The van der Waals surface area contributed by atoms with Gasteiger partial charge in [0.2, 0.25) is 0 Å². The van der Waals surface area contributed by atoms with Gasteiger partial charge in [0.25, 0.3) is 0 Å². The minimum atomic E-state index is -2.95. The predicted molar refractivity (Wildman–Crippen MR) is 66.3 cm³/mol. The molecule has 0 saturated carbocycles. The lowest BCUT2D eigenvalue weighted by Gasteiger charge is -2.02. The lowest BCUT2D eigenvalue weighted by atomic mass is 10.4. The molecule has 16 heavy (non-hydrogen) atoms. The number of nitrogens with two attached hydrogens (primary N) is 1. The minimum absolute atomic E-state index is 0.0865. The summed E-state index contributed by atoms with van der Waals surface area (Å²) < 4.78 is 22.4. The van der Waals surface area contributed by atoms with E-state index < -0.39 is 9.84 Å². The maximum atomic E-state index is 11.2. The molecule has 0 fully saturated rings. The fourth-order valence-electron chi connectivity index (χ4n) is 1.05. The van der Waals surface area contributed by atoms with Crippen LogP contribution in [0.25, 0.3) is 0 Å². The Hall–Kier alpha value is -1.26. The Morgan fingerprint density at radius 1 is 1.62 bits per heavy atom. The van der Waals surface area contributed by atoms with Crippen molar-refractivity contribution in [3.8, 4) is 6.07 Å². The highest BCUT2D eigenvalue weighted by Gasteiger charge is 2.08. The second-order valence-electron chi connectivity index (χ2n) is 3.17. The van der Waals surface area contributed by atoms with Crippen LogP contribution in [0.5, 0.6) is 0 Å². The summed E-state index contributed by atoms with van der Waals surface area (Å²) in [4.78, 5) is 0.445. The molecule has 1 aromatic heterocycles. The van der Waals surface area contributed by atoms with Gasteiger partial charge in [0.05, 0.1) is 16.4 Å². The number of hydrogen-bond acceptors (Lipinski definition) is 6. The van der Waals surface area contributed by atoms with E-state index in [0.717, 1.165) is 5.00 Å². The Labute approximate surface area is 98.8 Å². The molecule has 0 spiro atoms. The summed E-state index contributed by atoms with van der Waals surface area (Å²) >= 11 is 1.23. The lowest BCUT2D eigenvalue weighted by Crippen LogP contribution is -2.16. The lowest BCUT2D eigenvalue weighted by molar-refractivity contribution is 0.597. The maximum absolute atomic E-state index is 11.2. The van der Waals surface area contributed by atoms with E-state index >= 15 is 0 Å². The summed E-state index contributed by atoms with van der Waals surface area (Å²) in [7, 11) is -2.95. The number of sulfone groups is 1. The van der Waals surface area contributed by atoms with Crippen molar-refractivity contribution >= 4 is 31.9 Å². The molecule has 0 radical (unpaired) electrons. The average molecular weight is 259 g/mol. The molecule has 1 aromatic rings. The molecule has 0 bridgehead atoms. The number of nitrogen functional groups attached to an aromatic ring is 1. The normalized spacial score (nSPS) is 11.0. The molecule has 5 nitrogen and oxygen atoms in total. The van der Waals surface area contributed by atoms with Crippen molar-refractivity contribution in [2.75, 3.05) is 29.1 Å². The number of thiophene rings is 1. The van der Waals surface area contributed by atoms with Crippen molar-refractivity contribution in [2.24, 2.45) is 0 Å². The molecule has 0 atom stereocenters. The van der Waals surface area contributed by atoms with E-state index in [2.05, 4.69) is 5.32 Å². The monoisotopic (exact) mass is 259 g/mol. The fraction of sp³-hybridized carbons (Fsp3) is 0.444. The van der Waals surface area contributed by atoms with Crippen LogP contribution in [-0.2, 0) is 9.84 Å². The molecule has 3 N–H and O–H groups in total. The first-order chi connectivity index (χ1) is 7.48. The molecule has 0 aromatic carbocycles. The summed E-state index contributed by atoms with van der Waals surface area (Å²) in [6.07, 6.45) is 0. The van der Waals surface area contributed by atoms with Crippen LogP contribution >= 0.6 is 11.3 Å². The van der Waals surface area contributed by atoms with E-state index in [9.17, 15) is 8.42 Å². The molecule has 0 aliphatic carbocycles. The highest BCUT2D eigenvalue weighted by Crippen LogP contribution is 2.27. The SMILES string of the molecule is CCS(=O)(=O)CCNc1cc(N)c(C#N)s1. The topological polar surface area (TPSA) is 96.0 Å². The Bertz CT molecular complexity index is 499. The van der Waals surface area contributed by atoms with Gasteiger partial charge in [-0.2, -0.15) is 5.26 Å². The van der Waals surface area contributed by atoms with Gasteiger partial charge in [0.1, 0.15) is 10.9 Å². The Kier molecular flexibility index (Phi) is 4.15. The second-order valence-corrected chi connectivity index (χ2v) is 6.70. The van der Waals surface area contributed by atoms with Crippen molar-refractivity contribution in [1.82, 2.24) is 0 Å². The van der Waals surface area contributed by atoms with Crippen LogP contribution in [0.1, 0.15) is 11.8 Å². The smallest absolute Gasteiger partial charge is 0.151 e. The van der Waals surface area contributed by atoms with Crippen LogP contribution in [0.15, 0.2) is 6.07 Å². The first kappa shape index (κ1) is 12.8. The quantitative estimate of drug-likeness (QED) is 0.824. The van der Waals surface area contributed by atoms with Crippen molar-refractivity contribution < 1.29 is 8.42 Å². The van der Waals surface area contributed by atoms with Gasteiger partial charge in [0, 0.05) is 12.3 Å². The third-order valence-corrected chi connectivity index (χ3v) is 4.73. The van der Waals surface area contributed by atoms with Crippen LogP contribution < -0.4 is 11.1 Å². The highest BCUT2D eigenvalue weighted by molar-refractivity contribution is 7.91. The zero-order valence-electron chi connectivity index (χ0n) is 8.86. The van der Waals surface area contributed by atoms with Crippen molar-refractivity contribution in [1.29, 1.82) is 5.26 Å². The van der Waals surface area contributed by atoms with Crippen LogP contribution in [0.4, 0.5) is 10.7 Å². The van der Waals surface area contributed by atoms with Gasteiger partial charge in [-0.25, -0.2) is 8.42 Å². The van der Waals surface area contributed by atoms with Crippen molar-refractivity contribution in [2.45, 2.75) is 6.92 Å². The van der Waals surface area contributed by atoms with Gasteiger partial charge in [0.15, 0.2) is 9.84 Å². The zero-order valence-corrected chi connectivity index (χ0v) is 10.5. The van der Waals surface area contributed by atoms with Gasteiger partial charge in [-0.05, 0) is 6.07 Å². The van der Waals surface area contributed by atoms with Crippen molar-refractivity contribution in [3.63, 3.8) is 0 Å². The number of anilines is 2. The molecule has 0 aliphatic rings. The van der Waals surface area contributed by atoms with E-state index in [-0.39, 0.29) is 11.5 Å². The number of nitrogens with one attached hydrogen (secondary N) is 1. The molecule has 0 unspecified atom stereocenters. The maximum Gasteiger partial charge on any atom is 0.151 e. The largest absolute Gasteiger partial charge is 0.397 e. The van der Waals surface area contributed by atoms with Crippen LogP contribution in [0.2, 0.25) is 0 Å². The summed E-state index contributed by atoms with van der Waals surface area (Å²) in [6, 6.07) is 3.61. The minimum Gasteiger partial charge on any atom is -0.397 e. The van der Waals surface area contributed by atoms with Gasteiger partial charge in [-0.15, -0.1) is 11.3 Å². The first-order valence-electron chi connectivity index (χ1n) is 4.72. The summed E-state index contributed by atoms with van der Waals surface area (Å²) in [5, 5.41) is 12.3. The molecular formula is C9H13N3O2S2. The summed E-state index contributed by atoms with van der Waals surface area (Å²) in [6.45, 7) is 1.95. The van der Waals surface area contributed by atoms with E-state index in [0.29, 0.717) is 17.1 Å². The van der Waals surface area contributed by atoms with Gasteiger partial charge < -0.3 is 11.1 Å². The fourth-order valence-corrected chi connectivity index (χ4v) is 2.56. The number of rotatable bonds is 5. The standard InChI is InChI=1S/C9H13N3O2S2/c1-2-16(13,14)4-3-12-9-5-7(11)8(6-10)15-9/h5,12H,2-4,11H2,1H3. The third kappa shape index (κ3) is 3.40. The molecule has 1 heterocycles. The Morgan fingerprint density at radius 3 is 2.81 bits per heavy atom. The molecule has 0 amide bonds. The van der Waals surface area contributed by atoms with Crippen LogP contribution in [-0.4, -0.2) is 26.5 Å². The zero-order chi connectivity index (χ0) is 12.2. The van der Waals surface area contributed by atoms with Crippen LogP contribution in [0.3, 0.4) is 0 Å². The molecule has 0 aliphatic heterocycles. The average Bonchev–Trinajstić information content (AvgIpc) is 2.59. The van der Waals surface area contributed by atoms with E-state index in [1.165, 1.54) is 11.3 Å². The van der Waals surface area contributed by atoms with Gasteiger partial charge >= 0.3 is 0 Å². The van der Waals surface area contributed by atoms with E-state index in [4.69, 9.17) is 11.0 Å². The summed E-state index contributed by atoms with van der Waals surface area (Å²) in [5.74, 6) is 0.230. The highest BCUT2D eigenvalue weighted by atomic mass is 32.2.